The lowest BCUT2D eigenvalue weighted by atomic mass is 10.0. The molecular formula is C16H18N4. The third-order valence-electron chi connectivity index (χ3n) is 3.93. The predicted octanol–water partition coefficient (Wildman–Crippen LogP) is 2.34. The van der Waals surface area contributed by atoms with Gasteiger partial charge in [-0.15, -0.1) is 0 Å². The van der Waals surface area contributed by atoms with Crippen molar-refractivity contribution in [2.45, 2.75) is 25.8 Å². The smallest absolute Gasteiger partial charge is 0.130 e. The molecule has 4 heteroatoms. The Bertz CT molecular complexity index is 679. The lowest BCUT2D eigenvalue weighted by molar-refractivity contribution is 0.499. The van der Waals surface area contributed by atoms with E-state index < -0.39 is 0 Å². The van der Waals surface area contributed by atoms with Crippen molar-refractivity contribution in [3.05, 3.63) is 35.4 Å². The van der Waals surface area contributed by atoms with Crippen LogP contribution in [0.1, 0.15) is 24.0 Å². The Balaban J connectivity index is 2.05. The average Bonchev–Trinajstić information content (AvgIpc) is 2.47. The van der Waals surface area contributed by atoms with Crippen molar-refractivity contribution in [1.29, 1.82) is 5.26 Å². The van der Waals surface area contributed by atoms with E-state index in [-0.39, 0.29) is 0 Å². The highest BCUT2D eigenvalue weighted by Gasteiger charge is 2.18. The molecule has 0 bridgehead atoms. The van der Waals surface area contributed by atoms with Crippen LogP contribution in [0.2, 0.25) is 0 Å². The standard InChI is InChI=1S/C16H18N4/c1-11-2-3-15-14(8-11)12(10-17)9-16(19-15)20-6-4-13(18)5-7-20/h2-3,8-9,13H,4-7,18H2,1H3. The fourth-order valence-corrected chi connectivity index (χ4v) is 2.71. The second kappa shape index (κ2) is 5.10. The molecule has 0 aliphatic carbocycles. The Hall–Kier alpha value is -2.12. The van der Waals surface area contributed by atoms with Gasteiger partial charge in [0.25, 0.3) is 0 Å². The van der Waals surface area contributed by atoms with Gasteiger partial charge < -0.3 is 10.6 Å². The van der Waals surface area contributed by atoms with E-state index in [1.807, 2.05) is 31.2 Å². The quantitative estimate of drug-likeness (QED) is 0.860. The summed E-state index contributed by atoms with van der Waals surface area (Å²) in [6.07, 6.45) is 1.96. The zero-order chi connectivity index (χ0) is 14.1. The van der Waals surface area contributed by atoms with Crippen molar-refractivity contribution in [1.82, 2.24) is 4.98 Å². The van der Waals surface area contributed by atoms with Crippen LogP contribution in [0.25, 0.3) is 10.9 Å². The summed E-state index contributed by atoms with van der Waals surface area (Å²) < 4.78 is 0. The molecule has 2 N–H and O–H groups in total. The van der Waals surface area contributed by atoms with Gasteiger partial charge >= 0.3 is 0 Å². The molecule has 1 aromatic heterocycles. The van der Waals surface area contributed by atoms with E-state index in [4.69, 9.17) is 10.7 Å². The van der Waals surface area contributed by atoms with Crippen LogP contribution >= 0.6 is 0 Å². The van der Waals surface area contributed by atoms with Gasteiger partial charge in [0.2, 0.25) is 0 Å². The number of aryl methyl sites for hydroxylation is 1. The number of nitriles is 1. The minimum atomic E-state index is 0.296. The molecule has 2 heterocycles. The Morgan fingerprint density at radius 2 is 2.05 bits per heavy atom. The number of rotatable bonds is 1. The Morgan fingerprint density at radius 1 is 1.30 bits per heavy atom. The van der Waals surface area contributed by atoms with Crippen molar-refractivity contribution >= 4 is 16.7 Å². The van der Waals surface area contributed by atoms with Crippen LogP contribution in [0.15, 0.2) is 24.3 Å². The number of nitrogens with two attached hydrogens (primary N) is 1. The number of fused-ring (bicyclic) bond motifs is 1. The number of aromatic nitrogens is 1. The van der Waals surface area contributed by atoms with E-state index in [1.165, 1.54) is 0 Å². The van der Waals surface area contributed by atoms with E-state index in [0.717, 1.165) is 48.2 Å². The molecule has 1 aromatic carbocycles. The van der Waals surface area contributed by atoms with Gasteiger partial charge in [0.15, 0.2) is 0 Å². The number of anilines is 1. The second-order valence-corrected chi connectivity index (χ2v) is 5.48. The largest absolute Gasteiger partial charge is 0.356 e. The normalized spacial score (nSPS) is 16.4. The van der Waals surface area contributed by atoms with E-state index in [0.29, 0.717) is 11.6 Å². The molecule has 0 saturated carbocycles. The molecule has 0 atom stereocenters. The molecule has 20 heavy (non-hydrogen) atoms. The van der Waals surface area contributed by atoms with Crippen molar-refractivity contribution in [2.24, 2.45) is 5.73 Å². The maximum absolute atomic E-state index is 9.38. The molecule has 4 nitrogen and oxygen atoms in total. The SMILES string of the molecule is Cc1ccc2nc(N3CCC(N)CC3)cc(C#N)c2c1. The van der Waals surface area contributed by atoms with E-state index in [1.54, 1.807) is 0 Å². The fourth-order valence-electron chi connectivity index (χ4n) is 2.71. The van der Waals surface area contributed by atoms with E-state index in [9.17, 15) is 5.26 Å². The van der Waals surface area contributed by atoms with E-state index in [2.05, 4.69) is 11.0 Å². The van der Waals surface area contributed by atoms with Crippen LogP contribution in [-0.2, 0) is 0 Å². The predicted molar refractivity (Wildman–Crippen MR) is 80.6 cm³/mol. The molecule has 0 unspecified atom stereocenters. The summed E-state index contributed by atoms with van der Waals surface area (Å²) in [7, 11) is 0. The first-order valence-electron chi connectivity index (χ1n) is 6.99. The molecule has 3 rings (SSSR count). The summed E-state index contributed by atoms with van der Waals surface area (Å²) in [6, 6.07) is 10.5. The van der Waals surface area contributed by atoms with Gasteiger partial charge in [0.1, 0.15) is 5.82 Å². The molecule has 0 spiro atoms. The lowest BCUT2D eigenvalue weighted by Gasteiger charge is -2.31. The lowest BCUT2D eigenvalue weighted by Crippen LogP contribution is -2.40. The van der Waals surface area contributed by atoms with Crippen molar-refractivity contribution in [2.75, 3.05) is 18.0 Å². The van der Waals surface area contributed by atoms with Crippen LogP contribution in [0.5, 0.6) is 0 Å². The van der Waals surface area contributed by atoms with Crippen LogP contribution in [0, 0.1) is 18.3 Å². The van der Waals surface area contributed by atoms with Gasteiger partial charge in [-0.25, -0.2) is 4.98 Å². The van der Waals surface area contributed by atoms with Gasteiger partial charge in [-0.1, -0.05) is 11.6 Å². The Kier molecular flexibility index (Phi) is 3.29. The zero-order valence-corrected chi connectivity index (χ0v) is 11.6. The van der Waals surface area contributed by atoms with Gasteiger partial charge in [-0.05, 0) is 38.0 Å². The topological polar surface area (TPSA) is 65.9 Å². The summed E-state index contributed by atoms with van der Waals surface area (Å²) in [5.74, 6) is 0.893. The van der Waals surface area contributed by atoms with Crippen LogP contribution in [-0.4, -0.2) is 24.1 Å². The summed E-state index contributed by atoms with van der Waals surface area (Å²) in [5.41, 5.74) is 8.67. The Morgan fingerprint density at radius 3 is 2.75 bits per heavy atom. The third-order valence-corrected chi connectivity index (χ3v) is 3.93. The highest BCUT2D eigenvalue weighted by Crippen LogP contribution is 2.25. The van der Waals surface area contributed by atoms with E-state index >= 15 is 0 Å². The summed E-state index contributed by atoms with van der Waals surface area (Å²) in [5, 5.41) is 10.3. The highest BCUT2D eigenvalue weighted by molar-refractivity contribution is 5.87. The first-order valence-corrected chi connectivity index (χ1v) is 6.99. The molecule has 0 amide bonds. The van der Waals surface area contributed by atoms with Gasteiger partial charge in [0, 0.05) is 24.5 Å². The first kappa shape index (κ1) is 12.9. The summed E-state index contributed by atoms with van der Waals surface area (Å²) >= 11 is 0. The van der Waals surface area contributed by atoms with Crippen LogP contribution in [0.4, 0.5) is 5.82 Å². The maximum atomic E-state index is 9.38. The monoisotopic (exact) mass is 266 g/mol. The van der Waals surface area contributed by atoms with Crippen molar-refractivity contribution in [3.8, 4) is 6.07 Å². The second-order valence-electron chi connectivity index (χ2n) is 5.48. The molecule has 102 valence electrons. The minimum Gasteiger partial charge on any atom is -0.356 e. The molecule has 0 radical (unpaired) electrons. The summed E-state index contributed by atoms with van der Waals surface area (Å²) in [4.78, 5) is 6.93. The molecule has 1 aliphatic rings. The first-order chi connectivity index (χ1) is 9.67. The number of pyridine rings is 1. The molecule has 1 saturated heterocycles. The van der Waals surface area contributed by atoms with Crippen molar-refractivity contribution < 1.29 is 0 Å². The zero-order valence-electron chi connectivity index (χ0n) is 11.6. The third kappa shape index (κ3) is 2.33. The molecule has 1 aliphatic heterocycles. The fraction of sp³-hybridized carbons (Fsp3) is 0.375. The number of nitrogens with zero attached hydrogens (tertiary/aromatic N) is 3. The Labute approximate surface area is 118 Å². The number of hydrogen-bond acceptors (Lipinski definition) is 4. The number of piperidine rings is 1. The van der Waals surface area contributed by atoms with Gasteiger partial charge in [0.05, 0.1) is 17.1 Å². The summed E-state index contributed by atoms with van der Waals surface area (Å²) in [6.45, 7) is 3.85. The maximum Gasteiger partial charge on any atom is 0.130 e. The van der Waals surface area contributed by atoms with Crippen molar-refractivity contribution in [3.63, 3.8) is 0 Å². The molecular weight excluding hydrogens is 248 g/mol. The molecule has 1 fully saturated rings. The van der Waals surface area contributed by atoms with Crippen LogP contribution < -0.4 is 10.6 Å². The number of hydrogen-bond donors (Lipinski definition) is 1. The average molecular weight is 266 g/mol. The highest BCUT2D eigenvalue weighted by atomic mass is 15.2. The minimum absolute atomic E-state index is 0.296. The van der Waals surface area contributed by atoms with Gasteiger partial charge in [-0.2, -0.15) is 5.26 Å². The molecule has 2 aromatic rings. The van der Waals surface area contributed by atoms with Gasteiger partial charge in [-0.3, -0.25) is 0 Å². The number of benzene rings is 1. The van der Waals surface area contributed by atoms with Crippen LogP contribution in [0.3, 0.4) is 0 Å².